The third-order valence-electron chi connectivity index (χ3n) is 3.89. The zero-order valence-electron chi connectivity index (χ0n) is 14.4. The first-order chi connectivity index (χ1) is 13.5. The van der Waals surface area contributed by atoms with Crippen LogP contribution >= 0.6 is 34.8 Å². The lowest BCUT2D eigenvalue weighted by atomic mass is 10.2. The summed E-state index contributed by atoms with van der Waals surface area (Å²) in [6.45, 7) is 0.256. The number of aromatic nitrogens is 1. The second-order valence-corrected chi connectivity index (χ2v) is 7.04. The predicted molar refractivity (Wildman–Crippen MR) is 113 cm³/mol. The second kappa shape index (κ2) is 9.06. The van der Waals surface area contributed by atoms with Crippen LogP contribution in [0.1, 0.15) is 21.5 Å². The molecule has 1 aromatic heterocycles. The van der Waals surface area contributed by atoms with Gasteiger partial charge in [-0.2, -0.15) is 5.10 Å². The van der Waals surface area contributed by atoms with Crippen molar-refractivity contribution in [2.75, 3.05) is 0 Å². The van der Waals surface area contributed by atoms with Gasteiger partial charge in [0.2, 0.25) is 0 Å². The van der Waals surface area contributed by atoms with E-state index in [2.05, 4.69) is 10.5 Å². The molecule has 0 radical (unpaired) electrons. The summed E-state index contributed by atoms with van der Waals surface area (Å²) in [4.78, 5) is 25.0. The van der Waals surface area contributed by atoms with E-state index in [1.165, 1.54) is 16.8 Å². The van der Waals surface area contributed by atoms with Crippen molar-refractivity contribution in [3.63, 3.8) is 0 Å². The summed E-state index contributed by atoms with van der Waals surface area (Å²) < 4.78 is 1.42. The summed E-state index contributed by atoms with van der Waals surface area (Å²) in [5.41, 5.74) is 3.30. The molecule has 0 aliphatic carbocycles. The maximum atomic E-state index is 12.6. The number of hydrazone groups is 1. The number of carbonyl (C=O) groups excluding carboxylic acids is 1. The molecule has 142 valence electrons. The number of amides is 1. The van der Waals surface area contributed by atoms with E-state index in [0.29, 0.717) is 20.6 Å². The number of pyridine rings is 1. The van der Waals surface area contributed by atoms with Crippen LogP contribution in [0, 0.1) is 0 Å². The summed E-state index contributed by atoms with van der Waals surface area (Å²) in [5, 5.41) is 5.21. The molecule has 0 fully saturated rings. The third kappa shape index (κ3) is 4.81. The van der Waals surface area contributed by atoms with Crippen LogP contribution in [0.4, 0.5) is 0 Å². The van der Waals surface area contributed by atoms with E-state index in [9.17, 15) is 9.59 Å². The molecule has 1 heterocycles. The SMILES string of the molecule is O=C(N/N=C\c1ccc(Cl)c(Cl)c1)c1cccn(Cc2ccccc2Cl)c1=O. The Morgan fingerprint density at radius 3 is 2.54 bits per heavy atom. The number of benzene rings is 2. The molecule has 28 heavy (non-hydrogen) atoms. The summed E-state index contributed by atoms with van der Waals surface area (Å²) in [6.07, 6.45) is 3.01. The fourth-order valence-corrected chi connectivity index (χ4v) is 2.96. The Morgan fingerprint density at radius 2 is 1.79 bits per heavy atom. The first-order valence-electron chi connectivity index (χ1n) is 8.17. The van der Waals surface area contributed by atoms with Gasteiger partial charge in [-0.15, -0.1) is 0 Å². The van der Waals surface area contributed by atoms with Crippen LogP contribution in [0.3, 0.4) is 0 Å². The molecule has 0 unspecified atom stereocenters. The Labute approximate surface area is 176 Å². The van der Waals surface area contributed by atoms with Gasteiger partial charge >= 0.3 is 0 Å². The van der Waals surface area contributed by atoms with Crippen molar-refractivity contribution in [2.24, 2.45) is 5.10 Å². The minimum absolute atomic E-state index is 0.0270. The molecule has 0 spiro atoms. The number of nitrogens with zero attached hydrogens (tertiary/aromatic N) is 2. The number of nitrogens with one attached hydrogen (secondary N) is 1. The van der Waals surface area contributed by atoms with Gasteiger partial charge in [0.25, 0.3) is 11.5 Å². The normalized spacial score (nSPS) is 11.0. The number of carbonyl (C=O) groups is 1. The Balaban J connectivity index is 1.75. The molecule has 0 saturated carbocycles. The van der Waals surface area contributed by atoms with Gasteiger partial charge < -0.3 is 4.57 Å². The van der Waals surface area contributed by atoms with E-state index in [4.69, 9.17) is 34.8 Å². The van der Waals surface area contributed by atoms with Crippen LogP contribution in [0.2, 0.25) is 15.1 Å². The monoisotopic (exact) mass is 433 g/mol. The highest BCUT2D eigenvalue weighted by molar-refractivity contribution is 6.42. The van der Waals surface area contributed by atoms with Gasteiger partial charge in [-0.05, 0) is 41.5 Å². The van der Waals surface area contributed by atoms with Gasteiger partial charge in [-0.1, -0.05) is 59.1 Å². The van der Waals surface area contributed by atoms with Crippen molar-refractivity contribution < 1.29 is 4.79 Å². The van der Waals surface area contributed by atoms with E-state index < -0.39 is 11.5 Å². The van der Waals surface area contributed by atoms with Gasteiger partial charge in [0, 0.05) is 11.2 Å². The number of rotatable bonds is 5. The van der Waals surface area contributed by atoms with Crippen molar-refractivity contribution >= 4 is 46.9 Å². The molecule has 3 aromatic rings. The average Bonchev–Trinajstić information content (AvgIpc) is 2.68. The van der Waals surface area contributed by atoms with Gasteiger partial charge in [0.05, 0.1) is 22.8 Å². The van der Waals surface area contributed by atoms with Crippen molar-refractivity contribution in [1.29, 1.82) is 0 Å². The van der Waals surface area contributed by atoms with E-state index in [0.717, 1.165) is 5.56 Å². The standard InChI is InChI=1S/C20H14Cl3N3O2/c21-16-6-2-1-4-14(16)12-26-9-3-5-15(20(26)28)19(27)25-24-11-13-7-8-17(22)18(23)10-13/h1-11H,12H2,(H,25,27)/b24-11-. The van der Waals surface area contributed by atoms with Crippen LogP contribution in [0.15, 0.2) is 70.7 Å². The Bertz CT molecular complexity index is 1110. The molecule has 8 heteroatoms. The third-order valence-corrected chi connectivity index (χ3v) is 4.99. The summed E-state index contributed by atoms with van der Waals surface area (Å²) >= 11 is 17.9. The highest BCUT2D eigenvalue weighted by Gasteiger charge is 2.12. The van der Waals surface area contributed by atoms with E-state index in [-0.39, 0.29) is 12.1 Å². The summed E-state index contributed by atoms with van der Waals surface area (Å²) in [6, 6.07) is 15.2. The lowest BCUT2D eigenvalue weighted by molar-refractivity contribution is 0.0953. The lowest BCUT2D eigenvalue weighted by Crippen LogP contribution is -2.30. The maximum Gasteiger partial charge on any atom is 0.276 e. The van der Waals surface area contributed by atoms with Gasteiger partial charge in [-0.3, -0.25) is 9.59 Å². The quantitative estimate of drug-likeness (QED) is 0.470. The molecule has 0 aliphatic rings. The molecule has 1 N–H and O–H groups in total. The summed E-state index contributed by atoms with van der Waals surface area (Å²) in [7, 11) is 0. The molecule has 5 nitrogen and oxygen atoms in total. The fourth-order valence-electron chi connectivity index (χ4n) is 2.46. The van der Waals surface area contributed by atoms with E-state index in [1.54, 1.807) is 36.5 Å². The van der Waals surface area contributed by atoms with Gasteiger partial charge in [-0.25, -0.2) is 5.43 Å². The largest absolute Gasteiger partial charge is 0.310 e. The first kappa shape index (κ1) is 20.1. The van der Waals surface area contributed by atoms with Crippen molar-refractivity contribution in [3.05, 3.63) is 103 Å². The first-order valence-corrected chi connectivity index (χ1v) is 9.30. The van der Waals surface area contributed by atoms with Crippen molar-refractivity contribution in [1.82, 2.24) is 9.99 Å². The molecule has 1 amide bonds. The van der Waals surface area contributed by atoms with Crippen LogP contribution in [0.5, 0.6) is 0 Å². The number of hydrogen-bond acceptors (Lipinski definition) is 3. The van der Waals surface area contributed by atoms with E-state index >= 15 is 0 Å². The van der Waals surface area contributed by atoms with E-state index in [1.807, 2.05) is 18.2 Å². The molecule has 0 atom stereocenters. The zero-order valence-corrected chi connectivity index (χ0v) is 16.7. The van der Waals surface area contributed by atoms with Crippen molar-refractivity contribution in [3.8, 4) is 0 Å². The summed E-state index contributed by atoms with van der Waals surface area (Å²) in [5.74, 6) is -0.616. The van der Waals surface area contributed by atoms with Crippen LogP contribution in [-0.2, 0) is 6.54 Å². The Hall–Kier alpha value is -2.60. The fraction of sp³-hybridized carbons (Fsp3) is 0.0500. The topological polar surface area (TPSA) is 63.5 Å². The molecule has 0 saturated heterocycles. The Kier molecular flexibility index (Phi) is 6.52. The lowest BCUT2D eigenvalue weighted by Gasteiger charge is -2.09. The van der Waals surface area contributed by atoms with Crippen molar-refractivity contribution in [2.45, 2.75) is 6.54 Å². The predicted octanol–water partition coefficient (Wildman–Crippen LogP) is 4.62. The molecule has 2 aromatic carbocycles. The van der Waals surface area contributed by atoms with Gasteiger partial charge in [0.15, 0.2) is 0 Å². The number of halogens is 3. The zero-order chi connectivity index (χ0) is 20.1. The minimum atomic E-state index is -0.616. The van der Waals surface area contributed by atoms with Crippen LogP contribution in [-0.4, -0.2) is 16.7 Å². The highest BCUT2D eigenvalue weighted by atomic mass is 35.5. The Morgan fingerprint density at radius 1 is 1.00 bits per heavy atom. The number of hydrogen-bond donors (Lipinski definition) is 1. The molecular weight excluding hydrogens is 421 g/mol. The highest BCUT2D eigenvalue weighted by Crippen LogP contribution is 2.21. The molecular formula is C20H14Cl3N3O2. The van der Waals surface area contributed by atoms with Gasteiger partial charge in [0.1, 0.15) is 5.56 Å². The molecule has 0 aliphatic heterocycles. The second-order valence-electron chi connectivity index (χ2n) is 5.82. The maximum absolute atomic E-state index is 12.6. The van der Waals surface area contributed by atoms with Crippen LogP contribution in [0.25, 0.3) is 0 Å². The van der Waals surface area contributed by atoms with Crippen LogP contribution < -0.4 is 11.0 Å². The average molecular weight is 435 g/mol. The molecule has 0 bridgehead atoms. The molecule has 3 rings (SSSR count). The minimum Gasteiger partial charge on any atom is -0.310 e. The smallest absolute Gasteiger partial charge is 0.276 e.